The SMILES string of the molecule is COC(=O)Cc1ccccc1CNCC1CCCC1. The van der Waals surface area contributed by atoms with Gasteiger partial charge < -0.3 is 10.1 Å². The van der Waals surface area contributed by atoms with Crippen molar-refractivity contribution in [3.05, 3.63) is 35.4 Å². The lowest BCUT2D eigenvalue weighted by molar-refractivity contribution is -0.139. The minimum atomic E-state index is -0.178. The Balaban J connectivity index is 1.86. The molecule has 1 aromatic carbocycles. The molecule has 0 aromatic heterocycles. The lowest BCUT2D eigenvalue weighted by Gasteiger charge is -2.13. The van der Waals surface area contributed by atoms with Crippen LogP contribution in [0.2, 0.25) is 0 Å². The molecule has 104 valence electrons. The standard InChI is InChI=1S/C16H23NO2/c1-19-16(18)10-14-8-4-5-9-15(14)12-17-11-13-6-2-3-7-13/h4-5,8-9,13,17H,2-3,6-7,10-12H2,1H3. The number of hydrogen-bond acceptors (Lipinski definition) is 3. The highest BCUT2D eigenvalue weighted by Gasteiger charge is 2.14. The molecule has 3 nitrogen and oxygen atoms in total. The van der Waals surface area contributed by atoms with Crippen molar-refractivity contribution >= 4 is 5.97 Å². The van der Waals surface area contributed by atoms with Gasteiger partial charge in [0, 0.05) is 6.54 Å². The molecule has 0 radical (unpaired) electrons. The van der Waals surface area contributed by atoms with Crippen molar-refractivity contribution in [1.29, 1.82) is 0 Å². The lowest BCUT2D eigenvalue weighted by atomic mass is 10.0. The van der Waals surface area contributed by atoms with Crippen molar-refractivity contribution in [3.63, 3.8) is 0 Å². The molecular formula is C16H23NO2. The van der Waals surface area contributed by atoms with Crippen LogP contribution in [0.1, 0.15) is 36.8 Å². The highest BCUT2D eigenvalue weighted by atomic mass is 16.5. The van der Waals surface area contributed by atoms with Gasteiger partial charge in [-0.05, 0) is 36.4 Å². The van der Waals surface area contributed by atoms with Crippen LogP contribution in [-0.4, -0.2) is 19.6 Å². The largest absolute Gasteiger partial charge is 0.469 e. The summed E-state index contributed by atoms with van der Waals surface area (Å²) in [5.74, 6) is 0.663. The maximum atomic E-state index is 11.4. The van der Waals surface area contributed by atoms with Gasteiger partial charge in [0.25, 0.3) is 0 Å². The molecule has 0 amide bonds. The average molecular weight is 261 g/mol. The van der Waals surface area contributed by atoms with Gasteiger partial charge in [-0.15, -0.1) is 0 Å². The fourth-order valence-corrected chi connectivity index (χ4v) is 2.76. The van der Waals surface area contributed by atoms with Gasteiger partial charge in [0.1, 0.15) is 0 Å². The summed E-state index contributed by atoms with van der Waals surface area (Å²) in [6, 6.07) is 8.08. The molecule has 0 aliphatic heterocycles. The topological polar surface area (TPSA) is 38.3 Å². The molecule has 0 bridgehead atoms. The summed E-state index contributed by atoms with van der Waals surface area (Å²) < 4.78 is 4.74. The zero-order chi connectivity index (χ0) is 13.5. The number of methoxy groups -OCH3 is 1. The van der Waals surface area contributed by atoms with E-state index in [0.29, 0.717) is 6.42 Å². The molecule has 0 spiro atoms. The molecule has 1 aromatic rings. The van der Waals surface area contributed by atoms with Crippen LogP contribution in [0, 0.1) is 5.92 Å². The number of carbonyl (C=O) groups excluding carboxylic acids is 1. The summed E-state index contributed by atoms with van der Waals surface area (Å²) in [4.78, 5) is 11.4. The Bertz CT molecular complexity index is 411. The van der Waals surface area contributed by atoms with E-state index in [0.717, 1.165) is 24.6 Å². The molecule has 0 atom stereocenters. The Morgan fingerprint density at radius 3 is 2.63 bits per heavy atom. The number of benzene rings is 1. The zero-order valence-electron chi connectivity index (χ0n) is 11.7. The van der Waals surface area contributed by atoms with Gasteiger partial charge in [-0.1, -0.05) is 37.1 Å². The number of carbonyl (C=O) groups is 1. The van der Waals surface area contributed by atoms with E-state index in [4.69, 9.17) is 4.74 Å². The Morgan fingerprint density at radius 1 is 1.26 bits per heavy atom. The average Bonchev–Trinajstić information content (AvgIpc) is 2.94. The molecule has 1 N–H and O–H groups in total. The van der Waals surface area contributed by atoms with E-state index in [-0.39, 0.29) is 5.97 Å². The molecule has 0 heterocycles. The quantitative estimate of drug-likeness (QED) is 0.800. The number of rotatable bonds is 6. The van der Waals surface area contributed by atoms with E-state index in [1.165, 1.54) is 38.4 Å². The first kappa shape index (κ1) is 14.1. The van der Waals surface area contributed by atoms with Crippen molar-refractivity contribution in [3.8, 4) is 0 Å². The van der Waals surface area contributed by atoms with Gasteiger partial charge in [0.15, 0.2) is 0 Å². The maximum Gasteiger partial charge on any atom is 0.309 e. The third-order valence-electron chi connectivity index (χ3n) is 3.90. The Hall–Kier alpha value is -1.35. The molecule has 0 saturated heterocycles. The molecule has 0 unspecified atom stereocenters. The molecule has 3 heteroatoms. The summed E-state index contributed by atoms with van der Waals surface area (Å²) in [5.41, 5.74) is 2.26. The smallest absolute Gasteiger partial charge is 0.309 e. The molecule has 1 aliphatic carbocycles. The fourth-order valence-electron chi connectivity index (χ4n) is 2.76. The van der Waals surface area contributed by atoms with E-state index in [9.17, 15) is 4.79 Å². The summed E-state index contributed by atoms with van der Waals surface area (Å²) in [5, 5.41) is 3.52. The number of ether oxygens (including phenoxy) is 1. The zero-order valence-corrected chi connectivity index (χ0v) is 11.7. The second-order valence-corrected chi connectivity index (χ2v) is 5.30. The number of esters is 1. The van der Waals surface area contributed by atoms with Gasteiger partial charge in [-0.2, -0.15) is 0 Å². The first-order chi connectivity index (χ1) is 9.29. The van der Waals surface area contributed by atoms with Gasteiger partial charge in [0.2, 0.25) is 0 Å². The van der Waals surface area contributed by atoms with Crippen LogP contribution in [0.15, 0.2) is 24.3 Å². The van der Waals surface area contributed by atoms with E-state index < -0.39 is 0 Å². The molecule has 1 fully saturated rings. The molecule has 2 rings (SSSR count). The van der Waals surface area contributed by atoms with Crippen LogP contribution in [-0.2, 0) is 22.5 Å². The second kappa shape index (κ2) is 7.29. The van der Waals surface area contributed by atoms with Crippen molar-refractivity contribution in [2.45, 2.75) is 38.6 Å². The monoisotopic (exact) mass is 261 g/mol. The van der Waals surface area contributed by atoms with E-state index >= 15 is 0 Å². The van der Waals surface area contributed by atoms with Crippen LogP contribution in [0.3, 0.4) is 0 Å². The summed E-state index contributed by atoms with van der Waals surface area (Å²) in [7, 11) is 1.43. The third kappa shape index (κ3) is 4.35. The van der Waals surface area contributed by atoms with Gasteiger partial charge in [-0.25, -0.2) is 0 Å². The normalized spacial score (nSPS) is 15.6. The third-order valence-corrected chi connectivity index (χ3v) is 3.90. The molecule has 19 heavy (non-hydrogen) atoms. The van der Waals surface area contributed by atoms with Crippen LogP contribution in [0.4, 0.5) is 0 Å². The minimum Gasteiger partial charge on any atom is -0.469 e. The summed E-state index contributed by atoms with van der Waals surface area (Å²) >= 11 is 0. The fraction of sp³-hybridized carbons (Fsp3) is 0.562. The van der Waals surface area contributed by atoms with Crippen molar-refractivity contribution in [2.24, 2.45) is 5.92 Å². The summed E-state index contributed by atoms with van der Waals surface area (Å²) in [6.45, 7) is 1.93. The molecule has 1 saturated carbocycles. The lowest BCUT2D eigenvalue weighted by Crippen LogP contribution is -2.21. The first-order valence-electron chi connectivity index (χ1n) is 7.14. The Labute approximate surface area is 115 Å². The van der Waals surface area contributed by atoms with Crippen LogP contribution < -0.4 is 5.32 Å². The van der Waals surface area contributed by atoms with Gasteiger partial charge in [0.05, 0.1) is 13.5 Å². The highest BCUT2D eigenvalue weighted by Crippen LogP contribution is 2.23. The van der Waals surface area contributed by atoms with E-state index in [2.05, 4.69) is 11.4 Å². The molecule has 1 aliphatic rings. The predicted octanol–water partition coefficient (Wildman–Crippen LogP) is 2.68. The minimum absolute atomic E-state index is 0.178. The second-order valence-electron chi connectivity index (χ2n) is 5.30. The highest BCUT2D eigenvalue weighted by molar-refractivity contribution is 5.72. The number of hydrogen-bond donors (Lipinski definition) is 1. The van der Waals surface area contributed by atoms with Crippen molar-refractivity contribution in [2.75, 3.05) is 13.7 Å². The number of nitrogens with one attached hydrogen (secondary N) is 1. The van der Waals surface area contributed by atoms with E-state index in [1.807, 2.05) is 18.2 Å². The molecular weight excluding hydrogens is 238 g/mol. The maximum absolute atomic E-state index is 11.4. The first-order valence-corrected chi connectivity index (χ1v) is 7.14. The summed E-state index contributed by atoms with van der Waals surface area (Å²) in [6.07, 6.45) is 5.84. The Morgan fingerprint density at radius 2 is 1.95 bits per heavy atom. The van der Waals surface area contributed by atoms with E-state index in [1.54, 1.807) is 0 Å². The predicted molar refractivity (Wildman–Crippen MR) is 75.8 cm³/mol. The van der Waals surface area contributed by atoms with Crippen LogP contribution in [0.5, 0.6) is 0 Å². The van der Waals surface area contributed by atoms with Crippen LogP contribution in [0.25, 0.3) is 0 Å². The van der Waals surface area contributed by atoms with Crippen molar-refractivity contribution < 1.29 is 9.53 Å². The van der Waals surface area contributed by atoms with Crippen LogP contribution >= 0.6 is 0 Å². The van der Waals surface area contributed by atoms with Gasteiger partial charge in [-0.3, -0.25) is 4.79 Å². The van der Waals surface area contributed by atoms with Crippen molar-refractivity contribution in [1.82, 2.24) is 5.32 Å². The Kier molecular flexibility index (Phi) is 5.40. The van der Waals surface area contributed by atoms with Gasteiger partial charge >= 0.3 is 5.97 Å².